The van der Waals surface area contributed by atoms with E-state index in [0.29, 0.717) is 18.9 Å². The van der Waals surface area contributed by atoms with E-state index in [-0.39, 0.29) is 5.97 Å². The molecule has 0 aliphatic rings. The van der Waals surface area contributed by atoms with E-state index in [9.17, 15) is 4.79 Å². The first kappa shape index (κ1) is 28.9. The molecule has 176 valence electrons. The summed E-state index contributed by atoms with van der Waals surface area (Å²) in [7, 11) is 0. The number of carbonyl (C=O) groups excluding carboxylic acids is 1. The smallest absolute Gasteiger partial charge is 0.305 e. The van der Waals surface area contributed by atoms with Crippen LogP contribution < -0.4 is 0 Å². The second kappa shape index (κ2) is 22.6. The molecule has 1 unspecified atom stereocenters. The van der Waals surface area contributed by atoms with Crippen LogP contribution in [0.2, 0.25) is 0 Å². The summed E-state index contributed by atoms with van der Waals surface area (Å²) in [5.41, 5.74) is 1.38. The molecule has 0 N–H and O–H groups in total. The van der Waals surface area contributed by atoms with Crippen LogP contribution in [0, 0.1) is 5.92 Å². The molecular formula is C28H52O2. The quantitative estimate of drug-likeness (QED) is 0.105. The lowest BCUT2D eigenvalue weighted by Crippen LogP contribution is -2.08. The summed E-state index contributed by atoms with van der Waals surface area (Å²) in [5, 5.41) is 0. The molecule has 0 heterocycles. The second-order valence-electron chi connectivity index (χ2n) is 9.31. The molecule has 0 saturated heterocycles. The van der Waals surface area contributed by atoms with Crippen molar-refractivity contribution in [2.75, 3.05) is 6.61 Å². The van der Waals surface area contributed by atoms with Crippen molar-refractivity contribution < 1.29 is 9.53 Å². The molecule has 0 aliphatic heterocycles. The molecule has 0 bridgehead atoms. The van der Waals surface area contributed by atoms with E-state index in [1.807, 2.05) is 0 Å². The summed E-state index contributed by atoms with van der Waals surface area (Å²) in [5.74, 6) is 0.609. The van der Waals surface area contributed by atoms with Gasteiger partial charge < -0.3 is 4.74 Å². The third-order valence-corrected chi connectivity index (χ3v) is 5.73. The van der Waals surface area contributed by atoms with Crippen LogP contribution >= 0.6 is 0 Å². The van der Waals surface area contributed by atoms with Crippen molar-refractivity contribution >= 4 is 5.97 Å². The van der Waals surface area contributed by atoms with E-state index in [1.165, 1.54) is 82.6 Å². The van der Waals surface area contributed by atoms with Crippen molar-refractivity contribution in [3.05, 3.63) is 23.8 Å². The number of carbonyl (C=O) groups is 1. The van der Waals surface area contributed by atoms with Gasteiger partial charge in [0.05, 0.1) is 6.61 Å². The third kappa shape index (κ3) is 23.2. The number of allylic oxidation sites excluding steroid dienone is 4. The monoisotopic (exact) mass is 420 g/mol. The first-order valence-electron chi connectivity index (χ1n) is 13.0. The van der Waals surface area contributed by atoms with Crippen LogP contribution in [-0.2, 0) is 9.53 Å². The Morgan fingerprint density at radius 2 is 1.33 bits per heavy atom. The van der Waals surface area contributed by atoms with Crippen molar-refractivity contribution in [2.45, 2.75) is 137 Å². The van der Waals surface area contributed by atoms with E-state index in [1.54, 1.807) is 0 Å². The maximum absolute atomic E-state index is 11.8. The average molecular weight is 421 g/mol. The van der Waals surface area contributed by atoms with Gasteiger partial charge in [0.25, 0.3) is 0 Å². The highest BCUT2D eigenvalue weighted by atomic mass is 16.5. The zero-order valence-corrected chi connectivity index (χ0v) is 20.9. The van der Waals surface area contributed by atoms with Crippen LogP contribution in [0.1, 0.15) is 137 Å². The molecule has 2 nitrogen and oxygen atoms in total. The van der Waals surface area contributed by atoms with Crippen LogP contribution in [0.5, 0.6) is 0 Å². The SMILES string of the molecule is CCCCCCCCC=CCCCCCCCC(=O)OCCC(C)CCC=C(C)C. The van der Waals surface area contributed by atoms with Gasteiger partial charge in [-0.05, 0) is 71.1 Å². The summed E-state index contributed by atoms with van der Waals surface area (Å²) in [6.45, 7) is 9.38. The van der Waals surface area contributed by atoms with Crippen molar-refractivity contribution in [1.29, 1.82) is 0 Å². The Morgan fingerprint density at radius 3 is 1.93 bits per heavy atom. The van der Waals surface area contributed by atoms with E-state index in [2.05, 4.69) is 45.9 Å². The van der Waals surface area contributed by atoms with Crippen molar-refractivity contribution in [3.8, 4) is 0 Å². The highest BCUT2D eigenvalue weighted by molar-refractivity contribution is 5.69. The van der Waals surface area contributed by atoms with Gasteiger partial charge in [-0.1, -0.05) is 89.0 Å². The summed E-state index contributed by atoms with van der Waals surface area (Å²) < 4.78 is 5.40. The highest BCUT2D eigenvalue weighted by Gasteiger charge is 2.05. The summed E-state index contributed by atoms with van der Waals surface area (Å²) >= 11 is 0. The standard InChI is InChI=1S/C28H52O2/c1-5-6-7-8-9-10-11-12-13-14-15-16-17-18-19-23-28(29)30-25-24-27(4)22-20-21-26(2)3/h12-13,21,27H,5-11,14-20,22-25H2,1-4H3. The molecule has 0 amide bonds. The Morgan fingerprint density at radius 1 is 0.767 bits per heavy atom. The van der Waals surface area contributed by atoms with Gasteiger partial charge in [0.1, 0.15) is 0 Å². The first-order valence-corrected chi connectivity index (χ1v) is 13.0. The Balaban J connectivity index is 3.35. The Kier molecular flexibility index (Phi) is 21.8. The van der Waals surface area contributed by atoms with E-state index in [0.717, 1.165) is 25.7 Å². The van der Waals surface area contributed by atoms with E-state index >= 15 is 0 Å². The topological polar surface area (TPSA) is 26.3 Å². The second-order valence-corrected chi connectivity index (χ2v) is 9.31. The molecule has 0 aromatic rings. The molecule has 0 spiro atoms. The Hall–Kier alpha value is -1.05. The van der Waals surface area contributed by atoms with Gasteiger partial charge in [-0.2, -0.15) is 0 Å². The highest BCUT2D eigenvalue weighted by Crippen LogP contribution is 2.13. The minimum absolute atomic E-state index is 0.0101. The van der Waals surface area contributed by atoms with E-state index in [4.69, 9.17) is 4.74 Å². The van der Waals surface area contributed by atoms with Gasteiger partial charge in [0, 0.05) is 6.42 Å². The fourth-order valence-corrected chi connectivity index (χ4v) is 3.59. The van der Waals surface area contributed by atoms with Crippen molar-refractivity contribution in [3.63, 3.8) is 0 Å². The lowest BCUT2D eigenvalue weighted by molar-refractivity contribution is -0.144. The lowest BCUT2D eigenvalue weighted by Gasteiger charge is -2.10. The van der Waals surface area contributed by atoms with Crippen LogP contribution in [0.4, 0.5) is 0 Å². The van der Waals surface area contributed by atoms with Crippen molar-refractivity contribution in [1.82, 2.24) is 0 Å². The lowest BCUT2D eigenvalue weighted by atomic mass is 10.0. The predicted molar refractivity (Wildman–Crippen MR) is 133 cm³/mol. The Labute approximate surface area is 188 Å². The molecular weight excluding hydrogens is 368 g/mol. The molecule has 0 rings (SSSR count). The Bertz CT molecular complexity index is 432. The van der Waals surface area contributed by atoms with Gasteiger partial charge in [0.15, 0.2) is 0 Å². The predicted octanol–water partition coefficient (Wildman–Crippen LogP) is 9.34. The van der Waals surface area contributed by atoms with Crippen LogP contribution in [0.15, 0.2) is 23.8 Å². The largest absolute Gasteiger partial charge is 0.466 e. The maximum Gasteiger partial charge on any atom is 0.305 e. The fraction of sp³-hybridized carbons (Fsp3) is 0.821. The van der Waals surface area contributed by atoms with Crippen molar-refractivity contribution in [2.24, 2.45) is 5.92 Å². The number of rotatable bonds is 21. The zero-order chi connectivity index (χ0) is 22.3. The summed E-state index contributed by atoms with van der Waals surface area (Å²) in [6, 6.07) is 0. The molecule has 30 heavy (non-hydrogen) atoms. The zero-order valence-electron chi connectivity index (χ0n) is 20.9. The normalized spacial score (nSPS) is 12.3. The maximum atomic E-state index is 11.8. The average Bonchev–Trinajstić information content (AvgIpc) is 2.70. The molecule has 0 aliphatic carbocycles. The molecule has 0 fully saturated rings. The van der Waals surface area contributed by atoms with Crippen LogP contribution in [0.3, 0.4) is 0 Å². The molecule has 0 aromatic heterocycles. The number of hydrogen-bond acceptors (Lipinski definition) is 2. The minimum Gasteiger partial charge on any atom is -0.466 e. The molecule has 0 saturated carbocycles. The number of hydrogen-bond donors (Lipinski definition) is 0. The molecule has 0 radical (unpaired) electrons. The first-order chi connectivity index (χ1) is 14.6. The van der Waals surface area contributed by atoms with Gasteiger partial charge >= 0.3 is 5.97 Å². The van der Waals surface area contributed by atoms with Crippen LogP contribution in [-0.4, -0.2) is 12.6 Å². The molecule has 1 atom stereocenters. The fourth-order valence-electron chi connectivity index (χ4n) is 3.59. The van der Waals surface area contributed by atoms with Crippen LogP contribution in [0.25, 0.3) is 0 Å². The van der Waals surface area contributed by atoms with E-state index < -0.39 is 0 Å². The minimum atomic E-state index is -0.0101. The molecule has 0 aromatic carbocycles. The van der Waals surface area contributed by atoms with Gasteiger partial charge in [-0.25, -0.2) is 0 Å². The number of unbranched alkanes of at least 4 members (excludes halogenated alkanes) is 11. The summed E-state index contributed by atoms with van der Waals surface area (Å²) in [4.78, 5) is 11.8. The van der Waals surface area contributed by atoms with Gasteiger partial charge in [0.2, 0.25) is 0 Å². The molecule has 2 heteroatoms. The number of esters is 1. The third-order valence-electron chi connectivity index (χ3n) is 5.73. The summed E-state index contributed by atoms with van der Waals surface area (Å²) in [6.07, 6.45) is 27.6. The van der Waals surface area contributed by atoms with Gasteiger partial charge in [-0.15, -0.1) is 0 Å². The van der Waals surface area contributed by atoms with Gasteiger partial charge in [-0.3, -0.25) is 4.79 Å². The number of ether oxygens (including phenoxy) is 1.